The zero-order valence-electron chi connectivity index (χ0n) is 17.3. The molecule has 0 aromatic heterocycles. The van der Waals surface area contributed by atoms with E-state index in [0.717, 1.165) is 10.0 Å². The van der Waals surface area contributed by atoms with Gasteiger partial charge < -0.3 is 15.4 Å². The van der Waals surface area contributed by atoms with Gasteiger partial charge in [0.15, 0.2) is 5.60 Å². The van der Waals surface area contributed by atoms with Gasteiger partial charge in [-0.2, -0.15) is 10.4 Å². The van der Waals surface area contributed by atoms with Crippen molar-refractivity contribution >= 4 is 39.5 Å². The molecule has 3 N–H and O–H groups in total. The summed E-state index contributed by atoms with van der Waals surface area (Å²) < 4.78 is 6.59. The average Bonchev–Trinajstić information content (AvgIpc) is 2.76. The van der Waals surface area contributed by atoms with Crippen molar-refractivity contribution in [3.05, 3.63) is 34.3 Å². The van der Waals surface area contributed by atoms with Gasteiger partial charge in [0, 0.05) is 23.1 Å². The number of ether oxygens (including phenoxy) is 1. The van der Waals surface area contributed by atoms with Crippen LogP contribution in [0, 0.1) is 16.7 Å². The molecule has 0 saturated heterocycles. The number of hydrazone groups is 1. The monoisotopic (exact) mass is 489 g/mol. The summed E-state index contributed by atoms with van der Waals surface area (Å²) in [7, 11) is 1.38. The lowest BCUT2D eigenvalue weighted by Crippen LogP contribution is -2.54. The summed E-state index contributed by atoms with van der Waals surface area (Å²) in [6.45, 7) is 1.77. The van der Waals surface area contributed by atoms with Crippen LogP contribution in [0.4, 0.5) is 4.79 Å². The van der Waals surface area contributed by atoms with E-state index in [1.165, 1.54) is 7.05 Å². The normalized spacial score (nSPS) is 26.0. The molecule has 0 bridgehead atoms. The molecule has 1 heterocycles. The molecular formula is C21H24BrN5O4. The van der Waals surface area contributed by atoms with E-state index >= 15 is 0 Å². The number of halogens is 1. The fourth-order valence-electron chi connectivity index (χ4n) is 4.28. The van der Waals surface area contributed by atoms with E-state index < -0.39 is 28.9 Å². The molecule has 1 saturated carbocycles. The summed E-state index contributed by atoms with van der Waals surface area (Å²) >= 11 is 3.53. The number of carbonyl (C=O) groups excluding carboxylic acids is 3. The third-order valence-corrected chi connectivity index (χ3v) is 6.56. The molecule has 3 rings (SSSR count). The summed E-state index contributed by atoms with van der Waals surface area (Å²) in [5.41, 5.74) is 2.18. The predicted molar refractivity (Wildman–Crippen MR) is 116 cm³/mol. The smallest absolute Gasteiger partial charge is 0.428 e. The number of carbonyl (C=O) groups is 3. The Morgan fingerprint density at radius 2 is 1.97 bits per heavy atom. The topological polar surface area (TPSA) is 133 Å². The van der Waals surface area contributed by atoms with Gasteiger partial charge in [0.2, 0.25) is 0 Å². The molecule has 164 valence electrons. The van der Waals surface area contributed by atoms with Crippen LogP contribution in [-0.2, 0) is 14.3 Å². The van der Waals surface area contributed by atoms with Gasteiger partial charge in [-0.1, -0.05) is 34.1 Å². The molecule has 1 aliphatic heterocycles. The van der Waals surface area contributed by atoms with E-state index in [2.05, 4.69) is 43.2 Å². The molecule has 9 nitrogen and oxygen atoms in total. The van der Waals surface area contributed by atoms with Gasteiger partial charge in [-0.05, 0) is 45.1 Å². The van der Waals surface area contributed by atoms with Crippen molar-refractivity contribution < 1.29 is 19.1 Å². The highest BCUT2D eigenvalue weighted by Crippen LogP contribution is 2.47. The maximum atomic E-state index is 12.0. The minimum atomic E-state index is -0.929. The van der Waals surface area contributed by atoms with Crippen molar-refractivity contribution in [1.82, 2.24) is 16.1 Å². The van der Waals surface area contributed by atoms with E-state index in [1.807, 2.05) is 24.3 Å². The Balaban J connectivity index is 1.78. The first-order valence-corrected chi connectivity index (χ1v) is 10.8. The van der Waals surface area contributed by atoms with Crippen LogP contribution in [0.25, 0.3) is 0 Å². The van der Waals surface area contributed by atoms with E-state index in [0.29, 0.717) is 37.8 Å². The van der Waals surface area contributed by atoms with E-state index in [1.54, 1.807) is 6.92 Å². The SMILES string of the molecule is CNC(=O)C(=O)N[C@@H](C)CC1(C#N)CCC2(CC1)OC(=O)NN=C2c1ccccc1Br. The predicted octanol–water partition coefficient (Wildman–Crippen LogP) is 2.36. The van der Waals surface area contributed by atoms with E-state index in [4.69, 9.17) is 4.74 Å². The number of nitrogens with zero attached hydrogens (tertiary/aromatic N) is 2. The summed E-state index contributed by atoms with van der Waals surface area (Å²) in [4.78, 5) is 35.3. The largest absolute Gasteiger partial charge is 0.435 e. The molecule has 1 aromatic carbocycles. The van der Waals surface area contributed by atoms with E-state index in [-0.39, 0.29) is 6.04 Å². The Morgan fingerprint density at radius 3 is 2.58 bits per heavy atom. The first kappa shape index (κ1) is 22.7. The number of hydrogen-bond donors (Lipinski definition) is 3. The van der Waals surface area contributed by atoms with Crippen LogP contribution >= 0.6 is 15.9 Å². The van der Waals surface area contributed by atoms with Crippen LogP contribution in [-0.4, -0.2) is 42.3 Å². The molecule has 10 heteroatoms. The second-order valence-corrected chi connectivity index (χ2v) is 8.84. The quantitative estimate of drug-likeness (QED) is 0.558. The number of nitriles is 1. The van der Waals surface area contributed by atoms with Gasteiger partial charge in [-0.3, -0.25) is 9.59 Å². The number of hydrogen-bond acceptors (Lipinski definition) is 6. The van der Waals surface area contributed by atoms with Crippen molar-refractivity contribution in [2.24, 2.45) is 10.5 Å². The zero-order chi connectivity index (χ0) is 22.6. The summed E-state index contributed by atoms with van der Waals surface area (Å²) in [6.07, 6.45) is 1.53. The molecule has 31 heavy (non-hydrogen) atoms. The molecule has 3 amide bonds. The number of nitrogens with one attached hydrogen (secondary N) is 3. The molecular weight excluding hydrogens is 466 g/mol. The molecule has 1 aromatic rings. The van der Waals surface area contributed by atoms with Crippen molar-refractivity contribution in [3.8, 4) is 6.07 Å². The van der Waals surface area contributed by atoms with Crippen LogP contribution in [0.15, 0.2) is 33.8 Å². The number of benzene rings is 1. The van der Waals surface area contributed by atoms with Crippen molar-refractivity contribution in [3.63, 3.8) is 0 Å². The van der Waals surface area contributed by atoms with E-state index in [9.17, 15) is 19.6 Å². The van der Waals surface area contributed by atoms with Crippen LogP contribution in [0.1, 0.15) is 44.6 Å². The zero-order valence-corrected chi connectivity index (χ0v) is 18.9. The Kier molecular flexibility index (Phi) is 6.65. The van der Waals surface area contributed by atoms with Gasteiger partial charge in [-0.25, -0.2) is 10.2 Å². The third-order valence-electron chi connectivity index (χ3n) is 5.87. The lowest BCUT2D eigenvalue weighted by molar-refractivity contribution is -0.139. The molecule has 2 aliphatic rings. The minimum Gasteiger partial charge on any atom is -0.435 e. The maximum Gasteiger partial charge on any atom is 0.428 e. The second kappa shape index (κ2) is 9.06. The highest BCUT2D eigenvalue weighted by molar-refractivity contribution is 9.10. The molecule has 1 fully saturated rings. The highest BCUT2D eigenvalue weighted by atomic mass is 79.9. The van der Waals surface area contributed by atoms with Gasteiger partial charge in [0.1, 0.15) is 5.71 Å². The van der Waals surface area contributed by atoms with Gasteiger partial charge in [-0.15, -0.1) is 0 Å². The van der Waals surface area contributed by atoms with Gasteiger partial charge >= 0.3 is 17.9 Å². The first-order chi connectivity index (χ1) is 14.7. The summed E-state index contributed by atoms with van der Waals surface area (Å²) in [6, 6.07) is 9.59. The second-order valence-electron chi connectivity index (χ2n) is 7.99. The lowest BCUT2D eigenvalue weighted by Gasteiger charge is -2.45. The number of likely N-dealkylation sites (N-methyl/N-ethyl adjacent to an activating group) is 1. The summed E-state index contributed by atoms with van der Waals surface area (Å²) in [5, 5.41) is 19.2. The Morgan fingerprint density at radius 1 is 1.29 bits per heavy atom. The highest BCUT2D eigenvalue weighted by Gasteiger charge is 2.51. The van der Waals surface area contributed by atoms with Crippen molar-refractivity contribution in [2.45, 2.75) is 50.7 Å². The third kappa shape index (κ3) is 4.71. The first-order valence-electron chi connectivity index (χ1n) is 10.00. The van der Waals surface area contributed by atoms with Crippen molar-refractivity contribution in [1.29, 1.82) is 5.26 Å². The molecule has 1 atom stereocenters. The standard InChI is InChI=1S/C21H24BrN5O4/c1-13(25-18(29)17(28)24-2)11-20(12-23)7-9-21(10-8-20)16(26-27-19(30)31-21)14-5-3-4-6-15(14)22/h3-6,13H,7-11H2,1-2H3,(H,24,28)(H,25,29)(H,27,30)/t13-,20?,21?/m0/s1. The van der Waals surface area contributed by atoms with Crippen molar-refractivity contribution in [2.75, 3.05) is 7.05 Å². The minimum absolute atomic E-state index is 0.370. The van der Waals surface area contributed by atoms with Crippen LogP contribution < -0.4 is 16.1 Å². The number of amides is 3. The van der Waals surface area contributed by atoms with Gasteiger partial charge in [0.25, 0.3) is 0 Å². The fraction of sp³-hybridized carbons (Fsp3) is 0.476. The van der Waals surface area contributed by atoms with Crippen LogP contribution in [0.3, 0.4) is 0 Å². The van der Waals surface area contributed by atoms with Gasteiger partial charge in [0.05, 0.1) is 11.5 Å². The lowest BCUT2D eigenvalue weighted by atomic mass is 9.65. The Hall–Kier alpha value is -2.93. The summed E-state index contributed by atoms with van der Waals surface area (Å²) in [5.74, 6) is -1.46. The molecule has 1 aliphatic carbocycles. The van der Waals surface area contributed by atoms with Crippen LogP contribution in [0.2, 0.25) is 0 Å². The number of rotatable bonds is 4. The molecule has 1 spiro atoms. The molecule has 0 unspecified atom stereocenters. The molecule has 0 radical (unpaired) electrons. The maximum absolute atomic E-state index is 12.0. The average molecular weight is 490 g/mol. The Bertz CT molecular complexity index is 963. The van der Waals surface area contributed by atoms with Crippen LogP contribution in [0.5, 0.6) is 0 Å². The fourth-order valence-corrected chi connectivity index (χ4v) is 4.76. The Labute approximate surface area is 188 Å².